The number of aliphatic hydroxyl groups excluding tert-OH is 1. The van der Waals surface area contributed by atoms with Gasteiger partial charge in [-0.1, -0.05) is 34.6 Å². The van der Waals surface area contributed by atoms with Crippen LogP contribution in [0, 0.1) is 52.3 Å². The molecule has 0 saturated heterocycles. The van der Waals surface area contributed by atoms with Crippen LogP contribution < -0.4 is 16.4 Å². The first-order valence-corrected chi connectivity index (χ1v) is 19.1. The van der Waals surface area contributed by atoms with Crippen molar-refractivity contribution in [3.8, 4) is 0 Å². The first kappa shape index (κ1) is 35.6. The zero-order valence-electron chi connectivity index (χ0n) is 27.9. The zero-order valence-corrected chi connectivity index (χ0v) is 28.7. The Kier molecular flexibility index (Phi) is 12.5. The van der Waals surface area contributed by atoms with Gasteiger partial charge in [0.2, 0.25) is 0 Å². The van der Waals surface area contributed by atoms with Gasteiger partial charge in [-0.3, -0.25) is 4.55 Å². The predicted molar refractivity (Wildman–Crippen MR) is 174 cm³/mol. The molecule has 8 nitrogen and oxygen atoms in total. The number of nitrogens with two attached hydrogens (primary N) is 1. The molecular weight excluding hydrogens is 562 g/mol. The second-order valence-corrected chi connectivity index (χ2v) is 17.0. The van der Waals surface area contributed by atoms with Gasteiger partial charge >= 0.3 is 10.4 Å². The van der Waals surface area contributed by atoms with E-state index in [2.05, 4.69) is 31.4 Å². The molecule has 4 rings (SSSR count). The predicted octanol–water partition coefficient (Wildman–Crippen LogP) is 5.55. The van der Waals surface area contributed by atoms with E-state index in [0.717, 1.165) is 58.3 Å². The molecule has 6 unspecified atom stereocenters. The summed E-state index contributed by atoms with van der Waals surface area (Å²) < 4.78 is 37.1. The Morgan fingerprint density at radius 1 is 0.907 bits per heavy atom. The van der Waals surface area contributed by atoms with Crippen molar-refractivity contribution in [2.75, 3.05) is 26.2 Å². The zero-order chi connectivity index (χ0) is 31.4. The molecule has 0 spiro atoms. The Labute approximate surface area is 263 Å². The monoisotopic (exact) mass is 627 g/mol. The van der Waals surface area contributed by atoms with Gasteiger partial charge in [-0.25, -0.2) is 4.18 Å². The van der Waals surface area contributed by atoms with E-state index < -0.39 is 16.5 Å². The Morgan fingerprint density at radius 2 is 1.60 bits per heavy atom. The lowest BCUT2D eigenvalue weighted by Gasteiger charge is -2.62. The number of nitrogens with one attached hydrogen (secondary N) is 2. The van der Waals surface area contributed by atoms with Gasteiger partial charge in [-0.15, -0.1) is 0 Å². The quantitative estimate of drug-likeness (QED) is 0.111. The SMILES string of the molecule is CC(C)C(CCC(C)C1CC[C@H]2C3C(O)C[C@H]4C[C@@H](NCCCNCCCCN)CC[C@]4(C)C3CC[C@]12C)OS(=O)(=O)O. The number of rotatable bonds is 16. The maximum atomic E-state index is 11.8. The fourth-order valence-corrected chi connectivity index (χ4v) is 11.3. The van der Waals surface area contributed by atoms with Crippen LogP contribution in [0.5, 0.6) is 0 Å². The van der Waals surface area contributed by atoms with Crippen molar-refractivity contribution < 1.29 is 22.3 Å². The van der Waals surface area contributed by atoms with Crippen LogP contribution in [-0.4, -0.2) is 62.5 Å². The minimum atomic E-state index is -4.45. The van der Waals surface area contributed by atoms with Gasteiger partial charge in [0.15, 0.2) is 0 Å². The average Bonchev–Trinajstić information content (AvgIpc) is 3.29. The van der Waals surface area contributed by atoms with Gasteiger partial charge < -0.3 is 21.5 Å². The maximum absolute atomic E-state index is 11.8. The molecule has 0 amide bonds. The summed E-state index contributed by atoms with van der Waals surface area (Å²) in [6.07, 6.45) is 13.7. The van der Waals surface area contributed by atoms with E-state index in [0.29, 0.717) is 53.4 Å². The molecule has 43 heavy (non-hydrogen) atoms. The van der Waals surface area contributed by atoms with Crippen molar-refractivity contribution in [2.45, 2.75) is 136 Å². The van der Waals surface area contributed by atoms with Crippen LogP contribution in [0.25, 0.3) is 0 Å². The largest absolute Gasteiger partial charge is 0.397 e. The van der Waals surface area contributed by atoms with Crippen LogP contribution in [0.4, 0.5) is 0 Å². The lowest BCUT2D eigenvalue weighted by atomic mass is 9.43. The Hall–Kier alpha value is -0.290. The van der Waals surface area contributed by atoms with Gasteiger partial charge in [-0.2, -0.15) is 8.42 Å². The second kappa shape index (κ2) is 15.1. The summed E-state index contributed by atoms with van der Waals surface area (Å²) in [5.74, 6) is 3.21. The molecular formula is C34H65N3O5S. The van der Waals surface area contributed by atoms with Crippen molar-refractivity contribution in [1.82, 2.24) is 10.6 Å². The fourth-order valence-electron chi connectivity index (χ4n) is 10.7. The van der Waals surface area contributed by atoms with Crippen LogP contribution in [0.2, 0.25) is 0 Å². The van der Waals surface area contributed by atoms with Crippen LogP contribution in [-0.2, 0) is 14.6 Å². The summed E-state index contributed by atoms with van der Waals surface area (Å²) in [5.41, 5.74) is 6.13. The fraction of sp³-hybridized carbons (Fsp3) is 1.00. The summed E-state index contributed by atoms with van der Waals surface area (Å²) >= 11 is 0. The molecule has 4 aliphatic rings. The normalized spacial score (nSPS) is 39.2. The van der Waals surface area contributed by atoms with E-state index in [9.17, 15) is 18.1 Å². The third kappa shape index (κ3) is 8.36. The Bertz CT molecular complexity index is 981. The molecule has 4 aliphatic carbocycles. The average molecular weight is 628 g/mol. The summed E-state index contributed by atoms with van der Waals surface area (Å²) in [7, 11) is -4.45. The number of unbranched alkanes of at least 4 members (excludes halogenated alkanes) is 1. The highest BCUT2D eigenvalue weighted by atomic mass is 32.3. The highest BCUT2D eigenvalue weighted by molar-refractivity contribution is 7.80. The van der Waals surface area contributed by atoms with Crippen LogP contribution in [0.3, 0.4) is 0 Å². The van der Waals surface area contributed by atoms with E-state index in [1.54, 1.807) is 0 Å². The van der Waals surface area contributed by atoms with Crippen molar-refractivity contribution in [3.63, 3.8) is 0 Å². The summed E-state index contributed by atoms with van der Waals surface area (Å²) in [6.45, 7) is 15.3. The molecule has 9 heteroatoms. The Morgan fingerprint density at radius 3 is 2.30 bits per heavy atom. The van der Waals surface area contributed by atoms with Crippen LogP contribution >= 0.6 is 0 Å². The van der Waals surface area contributed by atoms with Gasteiger partial charge in [0, 0.05) is 6.04 Å². The van der Waals surface area contributed by atoms with E-state index in [1.807, 2.05) is 13.8 Å². The van der Waals surface area contributed by atoms with E-state index in [1.165, 1.54) is 44.9 Å². The standard InChI is InChI=1S/C34H65N3O5S/c1-23(2)31(42-43(39,40)41)12-9-24(3)27-10-11-28-32-29(14-16-34(27,28)5)33(4)15-13-26(21-25(33)22-30(32)38)37-20-8-19-36-18-7-6-17-35/h23-32,36-38H,6-22,35H2,1-5H3,(H,39,40,41)/t24?,25-,26+,27?,28+,29?,30?,31?,32?,33+,34-/m1/s1. The molecule has 0 aliphatic heterocycles. The lowest BCUT2D eigenvalue weighted by Crippen LogP contribution is -2.59. The number of hydrogen-bond donors (Lipinski definition) is 5. The summed E-state index contributed by atoms with van der Waals surface area (Å²) in [6, 6.07) is 0.573. The number of aliphatic hydroxyl groups is 1. The molecule has 6 N–H and O–H groups in total. The van der Waals surface area contributed by atoms with E-state index in [-0.39, 0.29) is 17.4 Å². The molecule has 0 heterocycles. The van der Waals surface area contributed by atoms with E-state index >= 15 is 0 Å². The molecule has 0 radical (unpaired) electrons. The van der Waals surface area contributed by atoms with Gasteiger partial charge in [0.05, 0.1) is 12.2 Å². The van der Waals surface area contributed by atoms with Crippen molar-refractivity contribution in [3.05, 3.63) is 0 Å². The summed E-state index contributed by atoms with van der Waals surface area (Å²) in [4.78, 5) is 0. The van der Waals surface area contributed by atoms with Crippen LogP contribution in [0.15, 0.2) is 0 Å². The smallest absolute Gasteiger partial charge is 0.393 e. The van der Waals surface area contributed by atoms with Gasteiger partial charge in [0.25, 0.3) is 0 Å². The highest BCUT2D eigenvalue weighted by Crippen LogP contribution is 2.68. The first-order chi connectivity index (χ1) is 20.3. The second-order valence-electron chi connectivity index (χ2n) is 15.9. The van der Waals surface area contributed by atoms with Gasteiger partial charge in [-0.05, 0) is 162 Å². The minimum Gasteiger partial charge on any atom is -0.393 e. The highest BCUT2D eigenvalue weighted by Gasteiger charge is 2.62. The first-order valence-electron chi connectivity index (χ1n) is 17.8. The number of fused-ring (bicyclic) bond motifs is 5. The third-order valence-corrected chi connectivity index (χ3v) is 13.6. The molecule has 0 aromatic carbocycles. The molecule has 252 valence electrons. The van der Waals surface area contributed by atoms with E-state index in [4.69, 9.17) is 9.92 Å². The van der Waals surface area contributed by atoms with Crippen LogP contribution in [0.1, 0.15) is 118 Å². The maximum Gasteiger partial charge on any atom is 0.397 e. The molecule has 0 bridgehead atoms. The van der Waals surface area contributed by atoms with Crippen molar-refractivity contribution in [2.24, 2.45) is 58.0 Å². The molecule has 0 aromatic rings. The molecule has 4 saturated carbocycles. The van der Waals surface area contributed by atoms with Crippen molar-refractivity contribution in [1.29, 1.82) is 0 Å². The molecule has 0 aromatic heterocycles. The molecule has 4 fully saturated rings. The number of hydrogen-bond acceptors (Lipinski definition) is 7. The third-order valence-electron chi connectivity index (χ3n) is 13.1. The molecule has 11 atom stereocenters. The minimum absolute atomic E-state index is 0.0152. The summed E-state index contributed by atoms with van der Waals surface area (Å²) in [5, 5.41) is 19.2. The van der Waals surface area contributed by atoms with Gasteiger partial charge in [0.1, 0.15) is 0 Å². The topological polar surface area (TPSA) is 134 Å². The lowest BCUT2D eigenvalue weighted by molar-refractivity contribution is -0.167. The Balaban J connectivity index is 1.32. The van der Waals surface area contributed by atoms with Crippen molar-refractivity contribution >= 4 is 10.4 Å².